The van der Waals surface area contributed by atoms with Crippen molar-refractivity contribution in [3.8, 4) is 0 Å². The smallest absolute Gasteiger partial charge is 0.407 e. The van der Waals surface area contributed by atoms with Gasteiger partial charge in [-0.25, -0.2) is 4.79 Å². The number of carbonyl (C=O) groups is 1. The minimum absolute atomic E-state index is 0.135. The van der Waals surface area contributed by atoms with E-state index in [0.717, 1.165) is 38.1 Å². The molecule has 2 aliphatic rings. The van der Waals surface area contributed by atoms with Gasteiger partial charge in [0.2, 0.25) is 0 Å². The zero-order valence-corrected chi connectivity index (χ0v) is 26.0. The van der Waals surface area contributed by atoms with Crippen LogP contribution >= 0.6 is 11.8 Å². The molecule has 39 heavy (non-hydrogen) atoms. The zero-order valence-electron chi connectivity index (χ0n) is 25.2. The van der Waals surface area contributed by atoms with Crippen LogP contribution in [-0.4, -0.2) is 55.6 Å². The monoisotopic (exact) mass is 568 g/mol. The first-order valence-corrected chi connectivity index (χ1v) is 17.5. The molecule has 0 aromatic rings. The Morgan fingerprint density at radius 3 is 2.05 bits per heavy atom. The van der Waals surface area contributed by atoms with Crippen LogP contribution < -0.4 is 5.32 Å². The van der Waals surface area contributed by atoms with Crippen molar-refractivity contribution < 1.29 is 19.0 Å². The number of alkyl carbamates (subject to hydrolysis) is 1. The van der Waals surface area contributed by atoms with Crippen molar-refractivity contribution in [2.45, 2.75) is 154 Å². The summed E-state index contributed by atoms with van der Waals surface area (Å²) in [5.74, 6) is 1.10. The lowest BCUT2D eigenvalue weighted by atomic mass is 10.0. The standard InChI is InChI=1S/C32H60N2O4S/c1-2-3-4-5-6-7-8-9-10-11-12-13-14-16-19-22-31-36-27-30(38-31)28-37-32(35)33-23-20-17-15-18-21-24-34-25-26-39-29-34/h25-26,30-31H,2-24,27-29H2,1H3,(H,33,35). The third kappa shape index (κ3) is 19.7. The highest BCUT2D eigenvalue weighted by molar-refractivity contribution is 8.02. The lowest BCUT2D eigenvalue weighted by molar-refractivity contribution is -0.0709. The summed E-state index contributed by atoms with van der Waals surface area (Å²) in [5.41, 5.74) is 0. The van der Waals surface area contributed by atoms with E-state index in [-0.39, 0.29) is 25.1 Å². The molecule has 2 unspecified atom stereocenters. The number of amides is 1. The summed E-state index contributed by atoms with van der Waals surface area (Å²) in [6.45, 7) is 4.90. The molecule has 2 atom stereocenters. The molecular weight excluding hydrogens is 508 g/mol. The second kappa shape index (κ2) is 24.8. The molecule has 228 valence electrons. The molecule has 1 fully saturated rings. The van der Waals surface area contributed by atoms with E-state index in [1.165, 1.54) is 109 Å². The first-order valence-electron chi connectivity index (χ1n) is 16.5. The molecule has 2 heterocycles. The molecule has 7 heteroatoms. The van der Waals surface area contributed by atoms with Crippen LogP contribution in [0.3, 0.4) is 0 Å². The molecule has 0 spiro atoms. The van der Waals surface area contributed by atoms with Gasteiger partial charge < -0.3 is 24.4 Å². The average Bonchev–Trinajstić information content (AvgIpc) is 3.63. The summed E-state index contributed by atoms with van der Waals surface area (Å²) in [6, 6.07) is 0. The molecule has 1 saturated heterocycles. The SMILES string of the molecule is CCCCCCCCCCCCCCCCCC1OCC(COC(=O)NCCCCCCCN2C=CSC2)O1. The van der Waals surface area contributed by atoms with Gasteiger partial charge in [0, 0.05) is 19.3 Å². The van der Waals surface area contributed by atoms with Gasteiger partial charge in [-0.1, -0.05) is 116 Å². The molecular formula is C32H60N2O4S. The Morgan fingerprint density at radius 2 is 1.44 bits per heavy atom. The highest BCUT2D eigenvalue weighted by Crippen LogP contribution is 2.19. The van der Waals surface area contributed by atoms with E-state index in [0.29, 0.717) is 13.2 Å². The molecule has 0 aromatic heterocycles. The molecule has 0 radical (unpaired) electrons. The van der Waals surface area contributed by atoms with Crippen LogP contribution in [0.25, 0.3) is 0 Å². The molecule has 2 aliphatic heterocycles. The van der Waals surface area contributed by atoms with Crippen molar-refractivity contribution in [3.05, 3.63) is 11.6 Å². The van der Waals surface area contributed by atoms with Crippen LogP contribution in [0.2, 0.25) is 0 Å². The van der Waals surface area contributed by atoms with Crippen molar-refractivity contribution in [1.29, 1.82) is 0 Å². The zero-order chi connectivity index (χ0) is 27.6. The minimum atomic E-state index is -0.345. The predicted molar refractivity (Wildman–Crippen MR) is 165 cm³/mol. The maximum Gasteiger partial charge on any atom is 0.407 e. The van der Waals surface area contributed by atoms with Crippen LogP contribution in [-0.2, 0) is 14.2 Å². The van der Waals surface area contributed by atoms with Gasteiger partial charge in [-0.15, -0.1) is 11.8 Å². The van der Waals surface area contributed by atoms with Gasteiger partial charge in [0.1, 0.15) is 12.7 Å². The van der Waals surface area contributed by atoms with Gasteiger partial charge in [-0.2, -0.15) is 0 Å². The van der Waals surface area contributed by atoms with Gasteiger partial charge >= 0.3 is 6.09 Å². The van der Waals surface area contributed by atoms with Crippen LogP contribution in [0, 0.1) is 0 Å². The Morgan fingerprint density at radius 1 is 0.846 bits per heavy atom. The predicted octanol–water partition coefficient (Wildman–Crippen LogP) is 9.14. The fourth-order valence-corrected chi connectivity index (χ4v) is 6.01. The van der Waals surface area contributed by atoms with Crippen molar-refractivity contribution in [3.63, 3.8) is 0 Å². The van der Waals surface area contributed by atoms with Crippen molar-refractivity contribution in [2.24, 2.45) is 0 Å². The Hall–Kier alpha value is -0.920. The van der Waals surface area contributed by atoms with E-state index < -0.39 is 0 Å². The number of hydrogen-bond donors (Lipinski definition) is 1. The molecule has 0 saturated carbocycles. The topological polar surface area (TPSA) is 60.0 Å². The third-order valence-corrected chi connectivity index (χ3v) is 8.55. The van der Waals surface area contributed by atoms with Gasteiger partial charge in [0.25, 0.3) is 0 Å². The van der Waals surface area contributed by atoms with E-state index in [9.17, 15) is 4.79 Å². The lowest BCUT2D eigenvalue weighted by Crippen LogP contribution is -2.29. The minimum Gasteiger partial charge on any atom is -0.447 e. The maximum atomic E-state index is 11.9. The summed E-state index contributed by atoms with van der Waals surface area (Å²) < 4.78 is 17.0. The van der Waals surface area contributed by atoms with Crippen LogP contribution in [0.15, 0.2) is 11.6 Å². The van der Waals surface area contributed by atoms with Gasteiger partial charge in [0.05, 0.1) is 12.5 Å². The number of nitrogens with one attached hydrogen (secondary N) is 1. The van der Waals surface area contributed by atoms with E-state index in [4.69, 9.17) is 14.2 Å². The molecule has 1 N–H and O–H groups in total. The Kier molecular flexibility index (Phi) is 21.8. The average molecular weight is 569 g/mol. The highest BCUT2D eigenvalue weighted by Gasteiger charge is 2.26. The van der Waals surface area contributed by atoms with Gasteiger partial charge in [0.15, 0.2) is 6.29 Å². The van der Waals surface area contributed by atoms with E-state index >= 15 is 0 Å². The quantitative estimate of drug-likeness (QED) is 0.105. The summed E-state index contributed by atoms with van der Waals surface area (Å²) >= 11 is 1.86. The number of hydrogen-bond acceptors (Lipinski definition) is 6. The van der Waals surface area contributed by atoms with Crippen molar-refractivity contribution >= 4 is 17.9 Å². The van der Waals surface area contributed by atoms with E-state index in [1.807, 2.05) is 11.8 Å². The second-order valence-electron chi connectivity index (χ2n) is 11.4. The molecule has 0 bridgehead atoms. The number of nitrogens with zero attached hydrogens (tertiary/aromatic N) is 1. The first kappa shape index (κ1) is 34.3. The van der Waals surface area contributed by atoms with Gasteiger partial charge in [-0.05, 0) is 31.1 Å². The Balaban J connectivity index is 1.27. The van der Waals surface area contributed by atoms with Crippen LogP contribution in [0.1, 0.15) is 142 Å². The fraction of sp³-hybridized carbons (Fsp3) is 0.906. The van der Waals surface area contributed by atoms with Crippen molar-refractivity contribution in [2.75, 3.05) is 32.2 Å². The highest BCUT2D eigenvalue weighted by atomic mass is 32.2. The summed E-state index contributed by atoms with van der Waals surface area (Å²) in [4.78, 5) is 14.3. The summed E-state index contributed by atoms with van der Waals surface area (Å²) in [5, 5.41) is 5.02. The maximum absolute atomic E-state index is 11.9. The Labute approximate surface area is 244 Å². The van der Waals surface area contributed by atoms with Crippen LogP contribution in [0.5, 0.6) is 0 Å². The number of carbonyl (C=O) groups excluding carboxylic acids is 1. The third-order valence-electron chi connectivity index (χ3n) is 7.76. The summed E-state index contributed by atoms with van der Waals surface area (Å²) in [7, 11) is 0. The lowest BCUT2D eigenvalue weighted by Gasteiger charge is -2.14. The molecule has 0 aromatic carbocycles. The van der Waals surface area contributed by atoms with E-state index in [2.05, 4.69) is 28.7 Å². The number of rotatable bonds is 26. The first-order chi connectivity index (χ1) is 19.3. The molecule has 6 nitrogen and oxygen atoms in total. The second-order valence-corrected chi connectivity index (χ2v) is 12.3. The Bertz CT molecular complexity index is 607. The number of unbranched alkanes of at least 4 members (excludes halogenated alkanes) is 18. The fourth-order valence-electron chi connectivity index (χ4n) is 5.26. The molecule has 2 rings (SSSR count). The van der Waals surface area contributed by atoms with Crippen LogP contribution in [0.4, 0.5) is 4.79 Å². The van der Waals surface area contributed by atoms with Crippen molar-refractivity contribution in [1.82, 2.24) is 10.2 Å². The number of ether oxygens (including phenoxy) is 3. The largest absolute Gasteiger partial charge is 0.447 e. The number of thioether (sulfide) groups is 1. The van der Waals surface area contributed by atoms with E-state index in [1.54, 1.807) is 0 Å². The summed E-state index contributed by atoms with van der Waals surface area (Å²) in [6.07, 6.45) is 29.0. The normalized spacial score (nSPS) is 18.7. The molecule has 0 aliphatic carbocycles. The molecule has 1 amide bonds. The van der Waals surface area contributed by atoms with Gasteiger partial charge in [-0.3, -0.25) is 0 Å².